The predicted octanol–water partition coefficient (Wildman–Crippen LogP) is 3.87. The first-order valence-corrected chi connectivity index (χ1v) is 11.4. The normalized spacial score (nSPS) is 24.2. The molecule has 2 amide bonds. The van der Waals surface area contributed by atoms with Gasteiger partial charge >= 0.3 is 0 Å². The molecule has 0 saturated carbocycles. The van der Waals surface area contributed by atoms with Gasteiger partial charge in [0.25, 0.3) is 0 Å². The zero-order valence-electron chi connectivity index (χ0n) is 16.9. The van der Waals surface area contributed by atoms with Gasteiger partial charge in [0.05, 0.1) is 4.87 Å². The van der Waals surface area contributed by atoms with Gasteiger partial charge in [-0.1, -0.05) is 48.5 Å². The molecule has 154 valence electrons. The molecule has 0 aliphatic carbocycles. The Morgan fingerprint density at radius 2 is 2.00 bits per heavy atom. The van der Waals surface area contributed by atoms with Crippen molar-refractivity contribution in [3.05, 3.63) is 71.9 Å². The van der Waals surface area contributed by atoms with Crippen molar-refractivity contribution in [3.8, 4) is 0 Å². The highest BCUT2D eigenvalue weighted by Crippen LogP contribution is 2.47. The number of hydrogen-bond donors (Lipinski definition) is 2. The molecular weight excluding hydrogens is 394 g/mol. The summed E-state index contributed by atoms with van der Waals surface area (Å²) >= 11 is 1.72. The molecule has 0 bridgehead atoms. The van der Waals surface area contributed by atoms with E-state index in [0.717, 1.165) is 17.5 Å². The van der Waals surface area contributed by atoms with Crippen molar-refractivity contribution in [3.63, 3.8) is 0 Å². The van der Waals surface area contributed by atoms with Gasteiger partial charge in [-0.2, -0.15) is 0 Å². The number of thioether (sulfide) groups is 1. The molecule has 0 radical (unpaired) electrons. The van der Waals surface area contributed by atoms with Crippen LogP contribution in [0, 0.1) is 0 Å². The third kappa shape index (κ3) is 3.19. The lowest BCUT2D eigenvalue weighted by Gasteiger charge is -2.30. The van der Waals surface area contributed by atoms with E-state index in [1.54, 1.807) is 11.8 Å². The summed E-state index contributed by atoms with van der Waals surface area (Å²) in [5.41, 5.74) is 3.41. The molecule has 0 unspecified atom stereocenters. The number of nitrogens with one attached hydrogen (secondary N) is 2. The summed E-state index contributed by atoms with van der Waals surface area (Å²) in [6, 6.07) is 18.1. The number of H-pyrrole nitrogens is 1. The van der Waals surface area contributed by atoms with E-state index in [1.807, 2.05) is 41.4 Å². The van der Waals surface area contributed by atoms with Crippen LogP contribution in [0.5, 0.6) is 0 Å². The zero-order chi connectivity index (χ0) is 20.7. The minimum absolute atomic E-state index is 0.0287. The van der Waals surface area contributed by atoms with E-state index in [1.165, 1.54) is 10.9 Å². The summed E-state index contributed by atoms with van der Waals surface area (Å²) in [5, 5.41) is 4.33. The number of aromatic amines is 1. The molecule has 2 aromatic carbocycles. The lowest BCUT2D eigenvalue weighted by molar-refractivity contribution is -0.137. The van der Waals surface area contributed by atoms with Crippen molar-refractivity contribution < 1.29 is 9.59 Å². The van der Waals surface area contributed by atoms with Gasteiger partial charge < -0.3 is 15.2 Å². The number of aromatic nitrogens is 1. The Labute approximate surface area is 180 Å². The Kier molecular flexibility index (Phi) is 4.82. The average Bonchev–Trinajstić information content (AvgIpc) is 3.42. The van der Waals surface area contributed by atoms with Crippen molar-refractivity contribution in [2.24, 2.45) is 0 Å². The summed E-state index contributed by atoms with van der Waals surface area (Å²) in [7, 11) is 0. The van der Waals surface area contributed by atoms with Crippen molar-refractivity contribution in [2.75, 3.05) is 12.3 Å². The second-order valence-electron chi connectivity index (χ2n) is 8.26. The van der Waals surface area contributed by atoms with Crippen LogP contribution < -0.4 is 5.32 Å². The number of rotatable bonds is 5. The number of para-hydroxylation sites is 1. The number of benzene rings is 2. The Morgan fingerprint density at radius 3 is 2.83 bits per heavy atom. The maximum atomic E-state index is 13.1. The smallest absolute Gasteiger partial charge is 0.243 e. The summed E-state index contributed by atoms with van der Waals surface area (Å²) in [6.07, 6.45) is 3.40. The molecule has 3 heterocycles. The number of hydrogen-bond acceptors (Lipinski definition) is 3. The molecule has 6 heteroatoms. The fraction of sp³-hybridized carbons (Fsp3) is 0.333. The van der Waals surface area contributed by atoms with E-state index < -0.39 is 0 Å². The Bertz CT molecular complexity index is 1100. The van der Waals surface area contributed by atoms with Crippen LogP contribution in [-0.4, -0.2) is 44.9 Å². The Morgan fingerprint density at radius 1 is 1.23 bits per heavy atom. The quantitative estimate of drug-likeness (QED) is 0.660. The van der Waals surface area contributed by atoms with E-state index in [0.29, 0.717) is 18.7 Å². The standard InChI is InChI=1S/C24H25N3O2S/c1-24-12-11-22(28)27(24)21(15-30-24)23(29)26-13-18(16-7-3-2-4-8-16)19-14-25-20-10-6-5-9-17(19)20/h2-10,14,18,21,25H,11-13,15H2,1H3,(H,26,29)/t18-,21-,24-/m0/s1. The molecule has 3 aromatic rings. The first-order valence-electron chi connectivity index (χ1n) is 10.4. The molecule has 2 aliphatic rings. The molecule has 30 heavy (non-hydrogen) atoms. The topological polar surface area (TPSA) is 65.2 Å². The SMILES string of the molecule is C[C@]12CCC(=O)N1[C@H](C(=O)NC[C@@H](c1ccccc1)c1c[nH]c3ccccc13)CS2. The van der Waals surface area contributed by atoms with Gasteiger partial charge in [-0.05, 0) is 30.5 Å². The second-order valence-corrected chi connectivity index (χ2v) is 9.77. The maximum Gasteiger partial charge on any atom is 0.243 e. The lowest BCUT2D eigenvalue weighted by Crippen LogP contribution is -2.50. The fourth-order valence-corrected chi connectivity index (χ4v) is 6.24. The van der Waals surface area contributed by atoms with Gasteiger partial charge in [0.1, 0.15) is 6.04 Å². The minimum atomic E-state index is -0.380. The Balaban J connectivity index is 1.40. The van der Waals surface area contributed by atoms with Crippen LogP contribution in [0.1, 0.15) is 36.8 Å². The molecular formula is C24H25N3O2S. The number of carbonyl (C=O) groups excluding carboxylic acids is 2. The van der Waals surface area contributed by atoms with Crippen LogP contribution in [-0.2, 0) is 9.59 Å². The third-order valence-electron chi connectivity index (χ3n) is 6.43. The van der Waals surface area contributed by atoms with E-state index in [2.05, 4.69) is 41.5 Å². The molecule has 1 aromatic heterocycles. The zero-order valence-corrected chi connectivity index (χ0v) is 17.7. The highest BCUT2D eigenvalue weighted by Gasteiger charge is 2.52. The minimum Gasteiger partial charge on any atom is -0.361 e. The van der Waals surface area contributed by atoms with Gasteiger partial charge in [0, 0.05) is 41.7 Å². The molecule has 5 rings (SSSR count). The van der Waals surface area contributed by atoms with Gasteiger partial charge in [-0.25, -0.2) is 0 Å². The monoisotopic (exact) mass is 419 g/mol. The van der Waals surface area contributed by atoms with Crippen molar-refractivity contribution in [2.45, 2.75) is 36.6 Å². The summed E-state index contributed by atoms with van der Waals surface area (Å²) in [5.74, 6) is 0.735. The second kappa shape index (κ2) is 7.51. The van der Waals surface area contributed by atoms with Crippen LogP contribution in [0.3, 0.4) is 0 Å². The lowest BCUT2D eigenvalue weighted by atomic mass is 9.91. The average molecular weight is 420 g/mol. The van der Waals surface area contributed by atoms with Gasteiger partial charge in [0.15, 0.2) is 0 Å². The molecule has 0 spiro atoms. The first-order chi connectivity index (χ1) is 14.6. The highest BCUT2D eigenvalue weighted by molar-refractivity contribution is 8.01. The van der Waals surface area contributed by atoms with E-state index in [-0.39, 0.29) is 28.6 Å². The summed E-state index contributed by atoms with van der Waals surface area (Å²) in [6.45, 7) is 2.57. The van der Waals surface area contributed by atoms with Crippen LogP contribution in [0.15, 0.2) is 60.8 Å². The highest BCUT2D eigenvalue weighted by atomic mass is 32.2. The summed E-state index contributed by atoms with van der Waals surface area (Å²) in [4.78, 5) is 30.5. The predicted molar refractivity (Wildman–Crippen MR) is 120 cm³/mol. The molecule has 5 nitrogen and oxygen atoms in total. The maximum absolute atomic E-state index is 13.1. The van der Waals surface area contributed by atoms with Crippen LogP contribution in [0.25, 0.3) is 10.9 Å². The number of nitrogens with zero attached hydrogens (tertiary/aromatic N) is 1. The van der Waals surface area contributed by atoms with Gasteiger partial charge in [0.2, 0.25) is 11.8 Å². The fourth-order valence-electron chi connectivity index (χ4n) is 4.81. The number of amides is 2. The van der Waals surface area contributed by atoms with Crippen LogP contribution >= 0.6 is 11.8 Å². The number of fused-ring (bicyclic) bond motifs is 2. The largest absolute Gasteiger partial charge is 0.361 e. The van der Waals surface area contributed by atoms with Gasteiger partial charge in [-0.3, -0.25) is 9.59 Å². The van der Waals surface area contributed by atoms with Crippen LogP contribution in [0.2, 0.25) is 0 Å². The van der Waals surface area contributed by atoms with E-state index >= 15 is 0 Å². The Hall–Kier alpha value is -2.73. The molecule has 2 N–H and O–H groups in total. The molecule has 2 fully saturated rings. The van der Waals surface area contributed by atoms with E-state index in [4.69, 9.17) is 0 Å². The van der Waals surface area contributed by atoms with Crippen molar-refractivity contribution in [1.29, 1.82) is 0 Å². The van der Waals surface area contributed by atoms with E-state index in [9.17, 15) is 9.59 Å². The summed E-state index contributed by atoms with van der Waals surface area (Å²) < 4.78 is 0. The van der Waals surface area contributed by atoms with Gasteiger partial charge in [-0.15, -0.1) is 11.8 Å². The number of carbonyl (C=O) groups is 2. The molecule has 3 atom stereocenters. The van der Waals surface area contributed by atoms with Crippen molar-refractivity contribution >= 4 is 34.5 Å². The first kappa shape index (κ1) is 19.2. The van der Waals surface area contributed by atoms with Crippen LogP contribution in [0.4, 0.5) is 0 Å². The van der Waals surface area contributed by atoms with Crippen molar-refractivity contribution in [1.82, 2.24) is 15.2 Å². The third-order valence-corrected chi connectivity index (χ3v) is 7.93. The molecule has 2 aliphatic heterocycles. The molecule has 2 saturated heterocycles.